The van der Waals surface area contributed by atoms with Crippen molar-refractivity contribution >= 4 is 5.69 Å². The molecule has 0 aliphatic rings. The van der Waals surface area contributed by atoms with Gasteiger partial charge in [-0.25, -0.2) is 4.39 Å². The number of halogens is 1. The Morgan fingerprint density at radius 3 is 2.47 bits per heavy atom. The van der Waals surface area contributed by atoms with Gasteiger partial charge in [-0.05, 0) is 44.0 Å². The molecule has 100 valence electrons. The summed E-state index contributed by atoms with van der Waals surface area (Å²) in [5.74, 6) is -0.942. The zero-order valence-corrected chi connectivity index (χ0v) is 11.4. The van der Waals surface area contributed by atoms with Crippen molar-refractivity contribution in [2.24, 2.45) is 0 Å². The summed E-state index contributed by atoms with van der Waals surface area (Å²) >= 11 is 0. The summed E-state index contributed by atoms with van der Waals surface area (Å²) in [6, 6.07) is 10.7. The molecule has 2 nitrogen and oxygen atoms in total. The molecule has 3 heteroatoms. The third kappa shape index (κ3) is 3.05. The minimum atomic E-state index is -0.613. The molecule has 0 amide bonds. The van der Waals surface area contributed by atoms with Crippen LogP contribution in [0.3, 0.4) is 0 Å². The maximum absolute atomic E-state index is 13.3. The van der Waals surface area contributed by atoms with Gasteiger partial charge >= 0.3 is 0 Å². The number of rotatable bonds is 3. The molecule has 0 radical (unpaired) electrons. The Bertz CT molecular complexity index is 595. The van der Waals surface area contributed by atoms with E-state index in [1.807, 2.05) is 6.92 Å². The predicted molar refractivity (Wildman–Crippen MR) is 76.0 cm³/mol. The highest BCUT2D eigenvalue weighted by Gasteiger charge is 2.09. The number of hydrogen-bond acceptors (Lipinski definition) is 2. The topological polar surface area (TPSA) is 32.3 Å². The third-order valence-corrected chi connectivity index (χ3v) is 3.22. The van der Waals surface area contributed by atoms with Gasteiger partial charge in [-0.1, -0.05) is 23.8 Å². The molecule has 0 aliphatic carbocycles. The molecule has 0 aliphatic heterocycles. The molecule has 0 aromatic heterocycles. The van der Waals surface area contributed by atoms with Crippen LogP contribution in [0.5, 0.6) is 5.75 Å². The highest BCUT2D eigenvalue weighted by Crippen LogP contribution is 2.25. The monoisotopic (exact) mass is 259 g/mol. The van der Waals surface area contributed by atoms with Gasteiger partial charge in [0.25, 0.3) is 0 Å². The average Bonchev–Trinajstić information content (AvgIpc) is 2.33. The molecule has 1 atom stereocenters. The van der Waals surface area contributed by atoms with E-state index < -0.39 is 5.82 Å². The van der Waals surface area contributed by atoms with Gasteiger partial charge in [0.2, 0.25) is 0 Å². The summed E-state index contributed by atoms with van der Waals surface area (Å²) in [5.41, 5.74) is 4.27. The van der Waals surface area contributed by atoms with Crippen molar-refractivity contribution in [3.8, 4) is 5.75 Å². The zero-order chi connectivity index (χ0) is 14.0. The normalized spacial score (nSPS) is 12.2. The van der Waals surface area contributed by atoms with E-state index in [0.717, 1.165) is 0 Å². The lowest BCUT2D eigenvalue weighted by Crippen LogP contribution is -2.08. The molecule has 0 spiro atoms. The van der Waals surface area contributed by atoms with Crippen LogP contribution in [0.25, 0.3) is 0 Å². The Balaban J connectivity index is 2.20. The number of phenols is 1. The van der Waals surface area contributed by atoms with Gasteiger partial charge < -0.3 is 10.4 Å². The molecule has 0 heterocycles. The number of benzene rings is 2. The average molecular weight is 259 g/mol. The Labute approximate surface area is 112 Å². The number of aromatic hydroxyl groups is 1. The summed E-state index contributed by atoms with van der Waals surface area (Å²) in [4.78, 5) is 0. The van der Waals surface area contributed by atoms with E-state index >= 15 is 0 Å². The quantitative estimate of drug-likeness (QED) is 0.804. The summed E-state index contributed by atoms with van der Waals surface area (Å²) in [7, 11) is 0. The van der Waals surface area contributed by atoms with Gasteiger partial charge in [-0.3, -0.25) is 0 Å². The van der Waals surface area contributed by atoms with Gasteiger partial charge in [-0.2, -0.15) is 0 Å². The minimum Gasteiger partial charge on any atom is -0.505 e. The van der Waals surface area contributed by atoms with Crippen LogP contribution in [0.1, 0.15) is 29.7 Å². The van der Waals surface area contributed by atoms with E-state index in [0.29, 0.717) is 5.69 Å². The number of nitrogens with one attached hydrogen (secondary N) is 1. The molecule has 1 unspecified atom stereocenters. The summed E-state index contributed by atoms with van der Waals surface area (Å²) in [6.45, 7) is 6.16. The fourth-order valence-corrected chi connectivity index (χ4v) is 2.24. The van der Waals surface area contributed by atoms with Crippen LogP contribution in [-0.2, 0) is 0 Å². The van der Waals surface area contributed by atoms with Crippen LogP contribution < -0.4 is 5.32 Å². The van der Waals surface area contributed by atoms with Gasteiger partial charge in [-0.15, -0.1) is 0 Å². The van der Waals surface area contributed by atoms with Crippen molar-refractivity contribution in [1.29, 1.82) is 0 Å². The fourth-order valence-electron chi connectivity index (χ4n) is 2.24. The second-order valence-corrected chi connectivity index (χ2v) is 4.89. The minimum absolute atomic E-state index is 0.0737. The van der Waals surface area contributed by atoms with E-state index in [1.165, 1.54) is 28.8 Å². The predicted octanol–water partition coefficient (Wildman–Crippen LogP) is 4.32. The molecular formula is C16H18FNO. The second kappa shape index (κ2) is 5.31. The van der Waals surface area contributed by atoms with Crippen molar-refractivity contribution in [3.63, 3.8) is 0 Å². The standard InChI is InChI=1S/C16H18FNO/c1-10-4-6-14(11(2)8-10)12(3)18-13-5-7-16(19)15(17)9-13/h4-9,12,18-19H,1-3H3. The fraction of sp³-hybridized carbons (Fsp3) is 0.250. The van der Waals surface area contributed by atoms with Crippen molar-refractivity contribution in [1.82, 2.24) is 0 Å². The Hall–Kier alpha value is -2.03. The first-order valence-electron chi connectivity index (χ1n) is 6.29. The van der Waals surface area contributed by atoms with Crippen LogP contribution >= 0.6 is 0 Å². The van der Waals surface area contributed by atoms with Crippen molar-refractivity contribution in [2.75, 3.05) is 5.32 Å². The third-order valence-electron chi connectivity index (χ3n) is 3.22. The van der Waals surface area contributed by atoms with Gasteiger partial charge in [0.05, 0.1) is 0 Å². The first-order valence-corrected chi connectivity index (χ1v) is 6.29. The number of anilines is 1. The van der Waals surface area contributed by atoms with E-state index in [-0.39, 0.29) is 11.8 Å². The van der Waals surface area contributed by atoms with Crippen LogP contribution in [0, 0.1) is 19.7 Å². The van der Waals surface area contributed by atoms with Gasteiger partial charge in [0, 0.05) is 17.8 Å². The number of phenolic OH excluding ortho intramolecular Hbond substituents is 1. The second-order valence-electron chi connectivity index (χ2n) is 4.89. The zero-order valence-electron chi connectivity index (χ0n) is 11.4. The van der Waals surface area contributed by atoms with Crippen LogP contribution in [0.4, 0.5) is 10.1 Å². The Morgan fingerprint density at radius 2 is 1.84 bits per heavy atom. The highest BCUT2D eigenvalue weighted by molar-refractivity contribution is 5.49. The van der Waals surface area contributed by atoms with Crippen LogP contribution in [0.2, 0.25) is 0 Å². The molecule has 0 saturated carbocycles. The molecule has 2 aromatic rings. The van der Waals surface area contributed by atoms with E-state index in [4.69, 9.17) is 5.11 Å². The van der Waals surface area contributed by atoms with Gasteiger partial charge in [0.15, 0.2) is 11.6 Å². The lowest BCUT2D eigenvalue weighted by Gasteiger charge is -2.18. The van der Waals surface area contributed by atoms with Crippen molar-refractivity contribution in [2.45, 2.75) is 26.8 Å². The van der Waals surface area contributed by atoms with Crippen molar-refractivity contribution in [3.05, 3.63) is 58.9 Å². The largest absolute Gasteiger partial charge is 0.505 e. The van der Waals surface area contributed by atoms with E-state index in [2.05, 4.69) is 37.4 Å². The molecule has 0 bridgehead atoms. The van der Waals surface area contributed by atoms with E-state index in [1.54, 1.807) is 6.07 Å². The summed E-state index contributed by atoms with van der Waals surface area (Å²) < 4.78 is 13.3. The Kier molecular flexibility index (Phi) is 3.74. The highest BCUT2D eigenvalue weighted by atomic mass is 19.1. The van der Waals surface area contributed by atoms with Crippen LogP contribution in [-0.4, -0.2) is 5.11 Å². The molecule has 0 saturated heterocycles. The molecule has 2 aromatic carbocycles. The first kappa shape index (κ1) is 13.4. The van der Waals surface area contributed by atoms with E-state index in [9.17, 15) is 4.39 Å². The van der Waals surface area contributed by atoms with Crippen molar-refractivity contribution < 1.29 is 9.50 Å². The SMILES string of the molecule is Cc1ccc(C(C)Nc2ccc(O)c(F)c2)c(C)c1. The summed E-state index contributed by atoms with van der Waals surface area (Å²) in [6.07, 6.45) is 0. The maximum atomic E-state index is 13.3. The molecule has 2 rings (SSSR count). The first-order chi connectivity index (χ1) is 8.97. The molecule has 19 heavy (non-hydrogen) atoms. The summed E-state index contributed by atoms with van der Waals surface area (Å²) in [5, 5.41) is 12.4. The molecular weight excluding hydrogens is 241 g/mol. The lowest BCUT2D eigenvalue weighted by atomic mass is 10.00. The molecule has 2 N–H and O–H groups in total. The number of aryl methyl sites for hydroxylation is 2. The number of hydrogen-bond donors (Lipinski definition) is 2. The van der Waals surface area contributed by atoms with Gasteiger partial charge in [0.1, 0.15) is 0 Å². The molecule has 0 fully saturated rings. The maximum Gasteiger partial charge on any atom is 0.166 e. The lowest BCUT2D eigenvalue weighted by molar-refractivity contribution is 0.432. The Morgan fingerprint density at radius 1 is 1.11 bits per heavy atom. The van der Waals surface area contributed by atoms with Crippen LogP contribution in [0.15, 0.2) is 36.4 Å². The smallest absolute Gasteiger partial charge is 0.166 e.